The summed E-state index contributed by atoms with van der Waals surface area (Å²) >= 11 is 0. The van der Waals surface area contributed by atoms with Crippen LogP contribution in [-0.2, 0) is 19.1 Å². The first kappa shape index (κ1) is 19.3. The van der Waals surface area contributed by atoms with Crippen molar-refractivity contribution in [3.8, 4) is 0 Å². The number of carbonyl (C=O) groups is 3. The zero-order valence-corrected chi connectivity index (χ0v) is 15.4. The molecule has 2 N–H and O–H groups in total. The van der Waals surface area contributed by atoms with E-state index in [0.717, 1.165) is 32.8 Å². The SMILES string of the molecule is COC(=O)c1ccccc1NC(=O)C1CC1C(=O)NCCN1CCOCC1. The van der Waals surface area contributed by atoms with Crippen LogP contribution in [0.1, 0.15) is 16.8 Å². The van der Waals surface area contributed by atoms with Crippen LogP contribution in [0.15, 0.2) is 24.3 Å². The van der Waals surface area contributed by atoms with Crippen molar-refractivity contribution in [3.05, 3.63) is 29.8 Å². The Kier molecular flexibility index (Phi) is 6.41. The molecular formula is C19H25N3O5. The van der Waals surface area contributed by atoms with Crippen LogP contribution >= 0.6 is 0 Å². The molecule has 2 aliphatic rings. The fraction of sp³-hybridized carbons (Fsp3) is 0.526. The van der Waals surface area contributed by atoms with Crippen LogP contribution in [0.4, 0.5) is 5.69 Å². The number of amides is 2. The van der Waals surface area contributed by atoms with Gasteiger partial charge in [0.2, 0.25) is 11.8 Å². The first-order valence-electron chi connectivity index (χ1n) is 9.16. The van der Waals surface area contributed by atoms with Crippen molar-refractivity contribution >= 4 is 23.5 Å². The molecule has 1 saturated carbocycles. The van der Waals surface area contributed by atoms with Gasteiger partial charge in [-0.25, -0.2) is 4.79 Å². The van der Waals surface area contributed by atoms with Crippen LogP contribution in [0.25, 0.3) is 0 Å². The van der Waals surface area contributed by atoms with E-state index < -0.39 is 5.97 Å². The molecule has 8 nitrogen and oxygen atoms in total. The number of ether oxygens (including phenoxy) is 2. The predicted octanol–water partition coefficient (Wildman–Crippen LogP) is 0.496. The number of anilines is 1. The topological polar surface area (TPSA) is 97.0 Å². The maximum absolute atomic E-state index is 12.4. The molecule has 2 unspecified atom stereocenters. The lowest BCUT2D eigenvalue weighted by atomic mass is 10.1. The molecule has 1 saturated heterocycles. The Labute approximate surface area is 158 Å². The number of methoxy groups -OCH3 is 1. The molecule has 0 bridgehead atoms. The number of morpholine rings is 1. The number of nitrogens with zero attached hydrogens (tertiary/aromatic N) is 1. The van der Waals surface area contributed by atoms with Gasteiger partial charge in [0.1, 0.15) is 0 Å². The summed E-state index contributed by atoms with van der Waals surface area (Å²) in [4.78, 5) is 38.6. The van der Waals surface area contributed by atoms with E-state index in [1.165, 1.54) is 7.11 Å². The molecule has 0 radical (unpaired) electrons. The second-order valence-corrected chi connectivity index (χ2v) is 6.72. The van der Waals surface area contributed by atoms with Gasteiger partial charge in [-0.3, -0.25) is 14.5 Å². The zero-order chi connectivity index (χ0) is 19.2. The van der Waals surface area contributed by atoms with E-state index >= 15 is 0 Å². The van der Waals surface area contributed by atoms with Gasteiger partial charge in [-0.1, -0.05) is 12.1 Å². The summed E-state index contributed by atoms with van der Waals surface area (Å²) in [6.45, 7) is 4.56. The summed E-state index contributed by atoms with van der Waals surface area (Å²) in [6.07, 6.45) is 0.523. The van der Waals surface area contributed by atoms with Gasteiger partial charge in [0.05, 0.1) is 43.4 Å². The summed E-state index contributed by atoms with van der Waals surface area (Å²) in [5.41, 5.74) is 0.688. The first-order chi connectivity index (χ1) is 13.1. The lowest BCUT2D eigenvalue weighted by molar-refractivity contribution is -0.125. The number of para-hydroxylation sites is 1. The molecule has 1 aromatic carbocycles. The molecule has 1 aliphatic heterocycles. The molecule has 1 heterocycles. The third-order valence-corrected chi connectivity index (χ3v) is 4.89. The van der Waals surface area contributed by atoms with E-state index in [-0.39, 0.29) is 23.7 Å². The van der Waals surface area contributed by atoms with Crippen LogP contribution < -0.4 is 10.6 Å². The first-order valence-corrected chi connectivity index (χ1v) is 9.16. The molecule has 8 heteroatoms. The summed E-state index contributed by atoms with van der Waals surface area (Å²) in [7, 11) is 1.29. The average Bonchev–Trinajstić information content (AvgIpc) is 3.50. The van der Waals surface area contributed by atoms with Crippen LogP contribution in [0.3, 0.4) is 0 Å². The third kappa shape index (κ3) is 5.05. The number of carbonyl (C=O) groups excluding carboxylic acids is 3. The van der Waals surface area contributed by atoms with Crippen molar-refractivity contribution < 1.29 is 23.9 Å². The Morgan fingerprint density at radius 3 is 2.59 bits per heavy atom. The van der Waals surface area contributed by atoms with Crippen LogP contribution in [0, 0.1) is 11.8 Å². The molecule has 2 atom stereocenters. The van der Waals surface area contributed by atoms with Gasteiger partial charge in [-0.15, -0.1) is 0 Å². The van der Waals surface area contributed by atoms with Gasteiger partial charge in [-0.2, -0.15) is 0 Å². The second-order valence-electron chi connectivity index (χ2n) is 6.72. The molecule has 2 fully saturated rings. The minimum atomic E-state index is -0.515. The molecule has 146 valence electrons. The van der Waals surface area contributed by atoms with Crippen LogP contribution in [0.2, 0.25) is 0 Å². The van der Waals surface area contributed by atoms with E-state index in [9.17, 15) is 14.4 Å². The summed E-state index contributed by atoms with van der Waals surface area (Å²) < 4.78 is 10.0. The molecule has 0 aromatic heterocycles. The van der Waals surface area contributed by atoms with E-state index in [1.54, 1.807) is 24.3 Å². The van der Waals surface area contributed by atoms with Gasteiger partial charge in [-0.05, 0) is 18.6 Å². The molecule has 2 amide bonds. The molecule has 27 heavy (non-hydrogen) atoms. The van der Waals surface area contributed by atoms with Crippen molar-refractivity contribution in [2.75, 3.05) is 51.8 Å². The van der Waals surface area contributed by atoms with E-state index in [4.69, 9.17) is 9.47 Å². The van der Waals surface area contributed by atoms with E-state index in [0.29, 0.717) is 24.2 Å². The molecule has 1 aromatic rings. The number of nitrogens with one attached hydrogen (secondary N) is 2. The predicted molar refractivity (Wildman–Crippen MR) is 98.3 cm³/mol. The highest BCUT2D eigenvalue weighted by atomic mass is 16.5. The maximum Gasteiger partial charge on any atom is 0.339 e. The lowest BCUT2D eigenvalue weighted by Gasteiger charge is -2.26. The van der Waals surface area contributed by atoms with Gasteiger partial charge in [0.25, 0.3) is 0 Å². The monoisotopic (exact) mass is 375 g/mol. The maximum atomic E-state index is 12.4. The molecule has 1 aliphatic carbocycles. The fourth-order valence-corrected chi connectivity index (χ4v) is 3.17. The number of hydrogen-bond acceptors (Lipinski definition) is 6. The van der Waals surface area contributed by atoms with Crippen molar-refractivity contribution in [1.82, 2.24) is 10.2 Å². The van der Waals surface area contributed by atoms with Crippen molar-refractivity contribution in [1.29, 1.82) is 0 Å². The van der Waals surface area contributed by atoms with Crippen molar-refractivity contribution in [2.24, 2.45) is 11.8 Å². The fourth-order valence-electron chi connectivity index (χ4n) is 3.17. The largest absolute Gasteiger partial charge is 0.465 e. The van der Waals surface area contributed by atoms with Crippen molar-refractivity contribution in [3.63, 3.8) is 0 Å². The highest BCUT2D eigenvalue weighted by molar-refractivity contribution is 6.04. The van der Waals surface area contributed by atoms with Gasteiger partial charge < -0.3 is 20.1 Å². The normalized spacial score (nSPS) is 22.0. The Morgan fingerprint density at radius 1 is 1.15 bits per heavy atom. The Morgan fingerprint density at radius 2 is 1.85 bits per heavy atom. The highest BCUT2D eigenvalue weighted by Crippen LogP contribution is 2.39. The summed E-state index contributed by atoms with van der Waals surface area (Å²) in [5.74, 6) is -1.53. The van der Waals surface area contributed by atoms with Gasteiger partial charge >= 0.3 is 5.97 Å². The Hall–Kier alpha value is -2.45. The molecule has 3 rings (SSSR count). The Balaban J connectivity index is 1.45. The number of hydrogen-bond donors (Lipinski definition) is 2. The number of benzene rings is 1. The number of esters is 1. The van der Waals surface area contributed by atoms with E-state index in [1.807, 2.05) is 0 Å². The minimum absolute atomic E-state index is 0.0929. The average molecular weight is 375 g/mol. The molecule has 0 spiro atoms. The van der Waals surface area contributed by atoms with Crippen LogP contribution in [-0.4, -0.2) is 69.2 Å². The lowest BCUT2D eigenvalue weighted by Crippen LogP contribution is -2.41. The van der Waals surface area contributed by atoms with E-state index in [2.05, 4.69) is 15.5 Å². The quantitative estimate of drug-likeness (QED) is 0.674. The number of rotatable bonds is 7. The standard InChI is InChI=1S/C19H25N3O5/c1-26-19(25)13-4-2-3-5-16(13)21-18(24)15-12-14(15)17(23)20-6-7-22-8-10-27-11-9-22/h2-5,14-15H,6-12H2,1H3,(H,20,23)(H,21,24). The second kappa shape index (κ2) is 8.96. The van der Waals surface area contributed by atoms with Crippen molar-refractivity contribution in [2.45, 2.75) is 6.42 Å². The smallest absolute Gasteiger partial charge is 0.339 e. The Bertz CT molecular complexity index is 702. The van der Waals surface area contributed by atoms with Gasteiger partial charge in [0, 0.05) is 26.2 Å². The summed E-state index contributed by atoms with van der Waals surface area (Å²) in [6, 6.07) is 6.66. The molecular weight excluding hydrogens is 350 g/mol. The third-order valence-electron chi connectivity index (χ3n) is 4.89. The van der Waals surface area contributed by atoms with Gasteiger partial charge in [0.15, 0.2) is 0 Å². The minimum Gasteiger partial charge on any atom is -0.465 e. The highest BCUT2D eigenvalue weighted by Gasteiger charge is 2.48. The zero-order valence-electron chi connectivity index (χ0n) is 15.4. The summed E-state index contributed by atoms with van der Waals surface area (Å²) in [5, 5.41) is 5.64. The van der Waals surface area contributed by atoms with Crippen LogP contribution in [0.5, 0.6) is 0 Å².